The summed E-state index contributed by atoms with van der Waals surface area (Å²) in [5, 5.41) is 0. The second-order valence-electron chi connectivity index (χ2n) is 7.62. The summed E-state index contributed by atoms with van der Waals surface area (Å²) in [5.74, 6) is -0.992. The molecule has 10 nitrogen and oxygen atoms in total. The Balaban J connectivity index is 4.44. The zero-order chi connectivity index (χ0) is 25.9. The molecule has 0 aromatic rings. The molecule has 0 aliphatic rings. The van der Waals surface area contributed by atoms with Crippen LogP contribution in [0.3, 0.4) is 0 Å². The number of hydrogen-bond acceptors (Lipinski definition) is 8. The predicted octanol–water partition coefficient (Wildman–Crippen LogP) is 3.70. The Kier molecular flexibility index (Phi) is 16.7. The average molecular weight is 485 g/mol. The van der Waals surface area contributed by atoms with Crippen LogP contribution in [-0.2, 0) is 28.5 Å². The molecule has 34 heavy (non-hydrogen) atoms. The van der Waals surface area contributed by atoms with E-state index >= 15 is 0 Å². The minimum absolute atomic E-state index is 0.0644. The van der Waals surface area contributed by atoms with Crippen molar-refractivity contribution in [1.29, 1.82) is 0 Å². The molecule has 0 atom stereocenters. The van der Waals surface area contributed by atoms with Crippen molar-refractivity contribution in [3.8, 4) is 0 Å². The third kappa shape index (κ3) is 14.2. The van der Waals surface area contributed by atoms with E-state index in [2.05, 4.69) is 13.2 Å². The smallest absolute Gasteiger partial charge is 0.409 e. The molecule has 0 N–H and O–H groups in total. The van der Waals surface area contributed by atoms with E-state index < -0.39 is 24.1 Å². The number of amides is 2. The number of nitrogens with zero attached hydrogens (tertiary/aromatic N) is 2. The summed E-state index contributed by atoms with van der Waals surface area (Å²) < 4.78 is 20.3. The Hall–Kier alpha value is -3.04. The fraction of sp³-hybridized carbons (Fsp3) is 0.667. The molecular formula is C24H40N2O8. The molecular weight excluding hydrogens is 444 g/mol. The van der Waals surface area contributed by atoms with E-state index in [9.17, 15) is 19.2 Å². The van der Waals surface area contributed by atoms with E-state index in [-0.39, 0.29) is 39.5 Å². The van der Waals surface area contributed by atoms with Gasteiger partial charge in [0.05, 0.1) is 26.3 Å². The summed E-state index contributed by atoms with van der Waals surface area (Å²) in [5.41, 5.74) is 0.599. The van der Waals surface area contributed by atoms with Gasteiger partial charge >= 0.3 is 24.1 Å². The van der Waals surface area contributed by atoms with Crippen LogP contribution < -0.4 is 0 Å². The fourth-order valence-corrected chi connectivity index (χ4v) is 2.72. The van der Waals surface area contributed by atoms with E-state index in [0.29, 0.717) is 24.2 Å². The van der Waals surface area contributed by atoms with Gasteiger partial charge in [0.1, 0.15) is 13.2 Å². The van der Waals surface area contributed by atoms with Crippen LogP contribution >= 0.6 is 0 Å². The first kappa shape index (κ1) is 31.0. The van der Waals surface area contributed by atoms with Gasteiger partial charge in [0.15, 0.2) is 0 Å². The van der Waals surface area contributed by atoms with Crippen molar-refractivity contribution in [2.75, 3.05) is 52.6 Å². The summed E-state index contributed by atoms with van der Waals surface area (Å²) >= 11 is 0. The van der Waals surface area contributed by atoms with Crippen molar-refractivity contribution >= 4 is 24.1 Å². The standard InChI is InChI=1S/C24H40N2O8/c1-7-31-23(29)25(15-17-33-21(27)19(3)4)13-11-9-10-12-14-26(24(30)32-8-2)16-18-34-22(28)20(5)6/h3,5,7-18H2,1-2,4,6H3. The third-order valence-electron chi connectivity index (χ3n) is 4.54. The van der Waals surface area contributed by atoms with Gasteiger partial charge in [-0.25, -0.2) is 19.2 Å². The van der Waals surface area contributed by atoms with E-state index in [0.717, 1.165) is 25.7 Å². The first-order valence-corrected chi connectivity index (χ1v) is 11.6. The van der Waals surface area contributed by atoms with Crippen molar-refractivity contribution in [2.24, 2.45) is 0 Å². The van der Waals surface area contributed by atoms with Crippen LogP contribution in [0.25, 0.3) is 0 Å². The molecule has 0 unspecified atom stereocenters. The molecule has 194 valence electrons. The largest absolute Gasteiger partial charge is 0.460 e. The lowest BCUT2D eigenvalue weighted by molar-refractivity contribution is -0.140. The Labute approximate surface area is 202 Å². The van der Waals surface area contributed by atoms with Crippen molar-refractivity contribution in [1.82, 2.24) is 9.80 Å². The maximum absolute atomic E-state index is 12.1. The normalized spacial score (nSPS) is 10.1. The lowest BCUT2D eigenvalue weighted by Crippen LogP contribution is -2.36. The number of ether oxygens (including phenoxy) is 4. The van der Waals surface area contributed by atoms with Crippen LogP contribution in [0.4, 0.5) is 9.59 Å². The monoisotopic (exact) mass is 484 g/mol. The first-order valence-electron chi connectivity index (χ1n) is 11.6. The molecule has 0 radical (unpaired) electrons. The molecule has 0 aliphatic heterocycles. The van der Waals surface area contributed by atoms with Crippen LogP contribution in [0.2, 0.25) is 0 Å². The Morgan fingerprint density at radius 2 is 0.941 bits per heavy atom. The molecule has 0 aliphatic carbocycles. The molecule has 0 rings (SSSR count). The van der Waals surface area contributed by atoms with Gasteiger partial charge in [-0.05, 0) is 40.5 Å². The van der Waals surface area contributed by atoms with Crippen LogP contribution in [0.5, 0.6) is 0 Å². The highest BCUT2D eigenvalue weighted by molar-refractivity contribution is 5.87. The molecule has 0 fully saturated rings. The highest BCUT2D eigenvalue weighted by Gasteiger charge is 2.17. The van der Waals surface area contributed by atoms with Crippen LogP contribution in [0.15, 0.2) is 24.3 Å². The molecule has 0 aromatic heterocycles. The molecule has 0 saturated heterocycles. The summed E-state index contributed by atoms with van der Waals surface area (Å²) in [6.07, 6.45) is 2.19. The predicted molar refractivity (Wildman–Crippen MR) is 127 cm³/mol. The fourth-order valence-electron chi connectivity index (χ4n) is 2.72. The van der Waals surface area contributed by atoms with Gasteiger partial charge in [0, 0.05) is 24.2 Å². The summed E-state index contributed by atoms with van der Waals surface area (Å²) in [7, 11) is 0. The minimum Gasteiger partial charge on any atom is -0.460 e. The maximum atomic E-state index is 12.1. The summed E-state index contributed by atoms with van der Waals surface area (Å²) in [6, 6.07) is 0. The number of hydrogen-bond donors (Lipinski definition) is 0. The van der Waals surface area contributed by atoms with E-state index in [1.807, 2.05) is 0 Å². The van der Waals surface area contributed by atoms with Gasteiger partial charge in [0.2, 0.25) is 0 Å². The topological polar surface area (TPSA) is 112 Å². The van der Waals surface area contributed by atoms with Crippen LogP contribution in [-0.4, -0.2) is 86.5 Å². The van der Waals surface area contributed by atoms with E-state index in [1.54, 1.807) is 27.7 Å². The zero-order valence-corrected chi connectivity index (χ0v) is 21.1. The molecule has 10 heteroatoms. The second-order valence-corrected chi connectivity index (χ2v) is 7.62. The lowest BCUT2D eigenvalue weighted by Gasteiger charge is -2.22. The Bertz CT molecular complexity index is 634. The average Bonchev–Trinajstić information content (AvgIpc) is 2.78. The lowest BCUT2D eigenvalue weighted by atomic mass is 10.2. The van der Waals surface area contributed by atoms with Crippen LogP contribution in [0.1, 0.15) is 53.4 Å². The van der Waals surface area contributed by atoms with Gasteiger partial charge in [-0.2, -0.15) is 0 Å². The van der Waals surface area contributed by atoms with Crippen molar-refractivity contribution in [3.63, 3.8) is 0 Å². The first-order chi connectivity index (χ1) is 16.1. The molecule has 0 heterocycles. The highest BCUT2D eigenvalue weighted by Crippen LogP contribution is 2.07. The van der Waals surface area contributed by atoms with Gasteiger partial charge < -0.3 is 28.7 Å². The van der Waals surface area contributed by atoms with Crippen molar-refractivity contribution in [3.05, 3.63) is 24.3 Å². The van der Waals surface area contributed by atoms with Crippen molar-refractivity contribution in [2.45, 2.75) is 53.4 Å². The zero-order valence-electron chi connectivity index (χ0n) is 21.1. The highest BCUT2D eigenvalue weighted by atomic mass is 16.6. The SMILES string of the molecule is C=C(C)C(=O)OCCN(CCCCCCN(CCOC(=O)C(=C)C)C(=O)OCC)C(=O)OCC. The number of unbranched alkanes of at least 4 members (excludes halogenated alkanes) is 3. The number of carbonyl (C=O) groups excluding carboxylic acids is 4. The molecule has 2 amide bonds. The third-order valence-corrected chi connectivity index (χ3v) is 4.54. The molecule has 0 spiro atoms. The summed E-state index contributed by atoms with van der Waals surface area (Å²) in [4.78, 5) is 50.3. The van der Waals surface area contributed by atoms with Gasteiger partial charge in [-0.1, -0.05) is 26.0 Å². The number of esters is 2. The maximum Gasteiger partial charge on any atom is 0.409 e. The van der Waals surface area contributed by atoms with Gasteiger partial charge in [-0.3, -0.25) is 0 Å². The Morgan fingerprint density at radius 1 is 0.588 bits per heavy atom. The molecule has 0 bridgehead atoms. The molecule has 0 saturated carbocycles. The number of carbonyl (C=O) groups is 4. The molecule has 0 aromatic carbocycles. The Morgan fingerprint density at radius 3 is 1.24 bits per heavy atom. The van der Waals surface area contributed by atoms with E-state index in [1.165, 1.54) is 9.80 Å². The van der Waals surface area contributed by atoms with Crippen LogP contribution in [0, 0.1) is 0 Å². The number of rotatable bonds is 17. The van der Waals surface area contributed by atoms with Gasteiger partial charge in [-0.15, -0.1) is 0 Å². The van der Waals surface area contributed by atoms with Crippen molar-refractivity contribution < 1.29 is 38.1 Å². The minimum atomic E-state index is -0.496. The van der Waals surface area contributed by atoms with E-state index in [4.69, 9.17) is 18.9 Å². The quantitative estimate of drug-likeness (QED) is 0.133. The van der Waals surface area contributed by atoms with Gasteiger partial charge in [0.25, 0.3) is 0 Å². The summed E-state index contributed by atoms with van der Waals surface area (Å²) in [6.45, 7) is 15.6. The second kappa shape index (κ2) is 18.4.